The van der Waals surface area contributed by atoms with Gasteiger partial charge in [0.2, 0.25) is 0 Å². The van der Waals surface area contributed by atoms with Crippen molar-refractivity contribution in [2.24, 2.45) is 0 Å². The fourth-order valence-electron chi connectivity index (χ4n) is 1.61. The maximum Gasteiger partial charge on any atom is 0.145 e. The van der Waals surface area contributed by atoms with Gasteiger partial charge in [0.1, 0.15) is 17.9 Å². The molecule has 2 rings (SSSR count). The van der Waals surface area contributed by atoms with Crippen molar-refractivity contribution in [2.75, 3.05) is 13.7 Å². The van der Waals surface area contributed by atoms with Gasteiger partial charge in [-0.15, -0.1) is 0 Å². The first-order valence-corrected chi connectivity index (χ1v) is 5.72. The second kappa shape index (κ2) is 5.15. The number of pyridine rings is 1. The third-order valence-electron chi connectivity index (χ3n) is 2.70. The van der Waals surface area contributed by atoms with Gasteiger partial charge < -0.3 is 9.47 Å². The number of benzene rings is 1. The predicted octanol–water partition coefficient (Wildman–Crippen LogP) is 2.96. The van der Waals surface area contributed by atoms with Crippen molar-refractivity contribution in [1.29, 1.82) is 0 Å². The maximum absolute atomic E-state index is 5.74. The van der Waals surface area contributed by atoms with Crippen LogP contribution in [0.5, 0.6) is 5.75 Å². The summed E-state index contributed by atoms with van der Waals surface area (Å²) in [5.74, 6) is 0.815. The molecule has 90 valence electrons. The first kappa shape index (κ1) is 11.9. The molecule has 0 radical (unpaired) electrons. The topological polar surface area (TPSA) is 31.4 Å². The summed E-state index contributed by atoms with van der Waals surface area (Å²) in [6.45, 7) is 4.49. The van der Waals surface area contributed by atoms with E-state index in [9.17, 15) is 0 Å². The highest BCUT2D eigenvalue weighted by Crippen LogP contribution is 2.24. The van der Waals surface area contributed by atoms with E-state index >= 15 is 0 Å². The van der Waals surface area contributed by atoms with E-state index in [1.807, 2.05) is 38.1 Å². The molecule has 1 unspecified atom stereocenters. The normalized spacial score (nSPS) is 12.6. The first-order chi connectivity index (χ1) is 8.20. The lowest BCUT2D eigenvalue weighted by Gasteiger charge is -2.12. The smallest absolute Gasteiger partial charge is 0.145 e. The van der Waals surface area contributed by atoms with Gasteiger partial charge in [-0.1, -0.05) is 18.2 Å². The molecular weight excluding hydrogens is 214 g/mol. The molecule has 0 spiro atoms. The largest absolute Gasteiger partial charge is 0.489 e. The van der Waals surface area contributed by atoms with E-state index in [1.165, 1.54) is 0 Å². The van der Waals surface area contributed by atoms with E-state index in [-0.39, 0.29) is 6.10 Å². The molecule has 1 aromatic carbocycles. The average Bonchev–Trinajstić information content (AvgIpc) is 2.35. The lowest BCUT2D eigenvalue weighted by Crippen LogP contribution is -2.16. The van der Waals surface area contributed by atoms with Crippen molar-refractivity contribution in [3.05, 3.63) is 36.0 Å². The van der Waals surface area contributed by atoms with Gasteiger partial charge >= 0.3 is 0 Å². The molecule has 0 fully saturated rings. The monoisotopic (exact) mass is 231 g/mol. The zero-order chi connectivity index (χ0) is 12.3. The van der Waals surface area contributed by atoms with Crippen molar-refractivity contribution >= 4 is 10.9 Å². The highest BCUT2D eigenvalue weighted by atomic mass is 16.5. The Hall–Kier alpha value is -1.61. The van der Waals surface area contributed by atoms with Gasteiger partial charge in [-0.25, -0.2) is 4.98 Å². The molecule has 0 saturated heterocycles. The molecule has 0 bridgehead atoms. The van der Waals surface area contributed by atoms with Crippen LogP contribution in [-0.2, 0) is 4.74 Å². The van der Waals surface area contributed by atoms with Crippen LogP contribution in [0.4, 0.5) is 0 Å². The summed E-state index contributed by atoms with van der Waals surface area (Å²) in [4.78, 5) is 4.51. The number of aromatic nitrogens is 1. The molecule has 0 aliphatic carbocycles. The Morgan fingerprint density at radius 1 is 1.24 bits per heavy atom. The lowest BCUT2D eigenvalue weighted by atomic mass is 10.2. The van der Waals surface area contributed by atoms with Crippen LogP contribution < -0.4 is 4.74 Å². The highest BCUT2D eigenvalue weighted by molar-refractivity contribution is 5.84. The molecule has 17 heavy (non-hydrogen) atoms. The molecular formula is C14H17NO2. The number of hydrogen-bond donors (Lipinski definition) is 0. The first-order valence-electron chi connectivity index (χ1n) is 5.72. The number of nitrogens with zero attached hydrogens (tertiary/aromatic N) is 1. The molecule has 1 aromatic heterocycles. The number of ether oxygens (including phenoxy) is 2. The minimum atomic E-state index is 0.0788. The second-order valence-corrected chi connectivity index (χ2v) is 4.14. The zero-order valence-electron chi connectivity index (χ0n) is 10.4. The Morgan fingerprint density at radius 3 is 2.82 bits per heavy atom. The van der Waals surface area contributed by atoms with Gasteiger partial charge in [0, 0.05) is 18.2 Å². The maximum atomic E-state index is 5.74. The van der Waals surface area contributed by atoms with Crippen LogP contribution in [0.3, 0.4) is 0 Å². The van der Waals surface area contributed by atoms with E-state index in [0.29, 0.717) is 6.61 Å². The van der Waals surface area contributed by atoms with Crippen molar-refractivity contribution in [3.63, 3.8) is 0 Å². The fourth-order valence-corrected chi connectivity index (χ4v) is 1.61. The second-order valence-electron chi connectivity index (χ2n) is 4.14. The van der Waals surface area contributed by atoms with Crippen molar-refractivity contribution < 1.29 is 9.47 Å². The zero-order valence-corrected chi connectivity index (χ0v) is 10.4. The Labute approximate surface area is 101 Å². The molecule has 1 atom stereocenters. The quantitative estimate of drug-likeness (QED) is 0.810. The van der Waals surface area contributed by atoms with Gasteiger partial charge in [0.05, 0.1) is 6.10 Å². The molecule has 0 N–H and O–H groups in total. The number of rotatable bonds is 4. The molecule has 3 heteroatoms. The van der Waals surface area contributed by atoms with Crippen LogP contribution in [0.15, 0.2) is 30.3 Å². The molecule has 1 heterocycles. The number of hydrogen-bond acceptors (Lipinski definition) is 3. The van der Waals surface area contributed by atoms with Crippen molar-refractivity contribution in [1.82, 2.24) is 4.98 Å². The minimum absolute atomic E-state index is 0.0788. The van der Waals surface area contributed by atoms with E-state index in [2.05, 4.69) is 11.1 Å². The van der Waals surface area contributed by atoms with Gasteiger partial charge in [-0.05, 0) is 26.0 Å². The third kappa shape index (κ3) is 2.74. The van der Waals surface area contributed by atoms with Crippen LogP contribution >= 0.6 is 0 Å². The molecule has 2 aromatic rings. The summed E-state index contributed by atoms with van der Waals surface area (Å²) < 4.78 is 10.9. The number of fused-ring (bicyclic) bond motifs is 1. The van der Waals surface area contributed by atoms with Gasteiger partial charge in [-0.3, -0.25) is 0 Å². The Balaban J connectivity index is 2.30. The summed E-state index contributed by atoms with van der Waals surface area (Å²) in [6, 6.07) is 10.0. The van der Waals surface area contributed by atoms with E-state index in [1.54, 1.807) is 7.11 Å². The molecule has 0 aliphatic rings. The Kier molecular flexibility index (Phi) is 3.59. The SMILES string of the molecule is COC(C)COc1cccc2ccc(C)nc12. The van der Waals surface area contributed by atoms with Crippen LogP contribution in [0, 0.1) is 6.92 Å². The summed E-state index contributed by atoms with van der Waals surface area (Å²) in [5.41, 5.74) is 1.91. The summed E-state index contributed by atoms with van der Waals surface area (Å²) in [5, 5.41) is 1.10. The molecule has 0 saturated carbocycles. The number of aryl methyl sites for hydroxylation is 1. The molecule has 0 amide bonds. The van der Waals surface area contributed by atoms with Gasteiger partial charge in [-0.2, -0.15) is 0 Å². The van der Waals surface area contributed by atoms with Crippen LogP contribution in [0.25, 0.3) is 10.9 Å². The van der Waals surface area contributed by atoms with Crippen LogP contribution in [-0.4, -0.2) is 24.8 Å². The number of methoxy groups -OCH3 is 1. The Bertz CT molecular complexity index is 511. The van der Waals surface area contributed by atoms with Crippen LogP contribution in [0.2, 0.25) is 0 Å². The van der Waals surface area contributed by atoms with Crippen molar-refractivity contribution in [2.45, 2.75) is 20.0 Å². The van der Waals surface area contributed by atoms with Gasteiger partial charge in [0.15, 0.2) is 0 Å². The average molecular weight is 231 g/mol. The standard InChI is InChI=1S/C14H17NO2/c1-10-7-8-12-5-4-6-13(14(12)15-10)17-9-11(2)16-3/h4-8,11H,9H2,1-3H3. The highest BCUT2D eigenvalue weighted by Gasteiger charge is 2.06. The minimum Gasteiger partial charge on any atom is -0.489 e. The predicted molar refractivity (Wildman–Crippen MR) is 68.4 cm³/mol. The third-order valence-corrected chi connectivity index (χ3v) is 2.70. The van der Waals surface area contributed by atoms with E-state index in [4.69, 9.17) is 9.47 Å². The lowest BCUT2D eigenvalue weighted by molar-refractivity contribution is 0.0721. The van der Waals surface area contributed by atoms with E-state index in [0.717, 1.165) is 22.3 Å². The summed E-state index contributed by atoms with van der Waals surface area (Å²) in [6.07, 6.45) is 0.0788. The number of para-hydroxylation sites is 1. The van der Waals surface area contributed by atoms with Crippen LogP contribution in [0.1, 0.15) is 12.6 Å². The molecule has 3 nitrogen and oxygen atoms in total. The Morgan fingerprint density at radius 2 is 2.06 bits per heavy atom. The summed E-state index contributed by atoms with van der Waals surface area (Å²) in [7, 11) is 1.68. The fraction of sp³-hybridized carbons (Fsp3) is 0.357. The summed E-state index contributed by atoms with van der Waals surface area (Å²) >= 11 is 0. The van der Waals surface area contributed by atoms with Gasteiger partial charge in [0.25, 0.3) is 0 Å². The van der Waals surface area contributed by atoms with E-state index < -0.39 is 0 Å². The molecule has 0 aliphatic heterocycles. The van der Waals surface area contributed by atoms with Crippen molar-refractivity contribution in [3.8, 4) is 5.75 Å².